The number of benzene rings is 1. The van der Waals surface area contributed by atoms with Gasteiger partial charge in [0.15, 0.2) is 5.82 Å². The van der Waals surface area contributed by atoms with Gasteiger partial charge in [0.05, 0.1) is 23.9 Å². The second-order valence-electron chi connectivity index (χ2n) is 8.08. The topological polar surface area (TPSA) is 102 Å². The van der Waals surface area contributed by atoms with E-state index in [4.69, 9.17) is 10.1 Å². The lowest BCUT2D eigenvalue weighted by Gasteiger charge is -2.36. The van der Waals surface area contributed by atoms with Gasteiger partial charge >= 0.3 is 0 Å². The molecule has 1 fully saturated rings. The number of hydrogen-bond acceptors (Lipinski definition) is 7. The monoisotopic (exact) mass is 462 g/mol. The third kappa shape index (κ3) is 5.69. The summed E-state index contributed by atoms with van der Waals surface area (Å²) in [5.74, 6) is -1.58. The van der Waals surface area contributed by atoms with Crippen LogP contribution in [0.3, 0.4) is 0 Å². The minimum absolute atomic E-state index is 0.0336. The predicted molar refractivity (Wildman–Crippen MR) is 125 cm³/mol. The summed E-state index contributed by atoms with van der Waals surface area (Å²) in [6.07, 6.45) is 3.29. The number of likely N-dealkylation sites (N-methyl/N-ethyl adjacent to an activating group) is 1. The van der Waals surface area contributed by atoms with E-state index < -0.39 is 17.8 Å². The molecule has 5 N–H and O–H groups in total. The zero-order valence-electron chi connectivity index (χ0n) is 19.2. The number of nitrogens with one attached hydrogen (secondary N) is 5. The number of amides is 1. The largest absolute Gasteiger partial charge is 0.393 e. The van der Waals surface area contributed by atoms with Gasteiger partial charge in [0, 0.05) is 69.3 Å². The number of rotatable bonds is 9. The van der Waals surface area contributed by atoms with E-state index in [1.807, 2.05) is 0 Å². The lowest BCUT2D eigenvalue weighted by Crippen LogP contribution is -2.47. The number of halogens is 2. The standard InChI is InChI=1S/C23H32F2N6O2/c1-14(32)31-8-6-19(29-16-7-9-33-13-16)17(12-31)23(28-3)30-20-5-4-18(24)21(22(20)25)15(10-26)11-27-2/h4-5,10-11,16,23,26-30H,6-9,12-13H2,1-3H3/b15-11+,26-10?. The van der Waals surface area contributed by atoms with Crippen molar-refractivity contribution in [2.45, 2.75) is 32.0 Å². The molecule has 0 saturated carbocycles. The molecule has 1 amide bonds. The molecule has 3 rings (SSSR count). The lowest BCUT2D eigenvalue weighted by atomic mass is 10.0. The Labute approximate surface area is 192 Å². The lowest BCUT2D eigenvalue weighted by molar-refractivity contribution is -0.128. The Hall–Kier alpha value is -2.98. The molecule has 1 saturated heterocycles. The van der Waals surface area contributed by atoms with Crippen LogP contribution in [0.4, 0.5) is 14.5 Å². The maximum Gasteiger partial charge on any atom is 0.219 e. The average Bonchev–Trinajstić information content (AvgIpc) is 3.31. The van der Waals surface area contributed by atoms with Crippen molar-refractivity contribution in [2.24, 2.45) is 0 Å². The van der Waals surface area contributed by atoms with Crippen LogP contribution in [0.1, 0.15) is 25.3 Å². The fourth-order valence-electron chi connectivity index (χ4n) is 4.14. The predicted octanol–water partition coefficient (Wildman–Crippen LogP) is 2.02. The average molecular weight is 463 g/mol. The van der Waals surface area contributed by atoms with Crippen LogP contribution in [0.15, 0.2) is 29.6 Å². The van der Waals surface area contributed by atoms with Gasteiger partial charge in [-0.25, -0.2) is 8.78 Å². The Morgan fingerprint density at radius 2 is 2.12 bits per heavy atom. The van der Waals surface area contributed by atoms with E-state index in [-0.39, 0.29) is 28.8 Å². The zero-order chi connectivity index (χ0) is 24.0. The van der Waals surface area contributed by atoms with Gasteiger partial charge in [0.2, 0.25) is 5.91 Å². The van der Waals surface area contributed by atoms with E-state index in [0.29, 0.717) is 32.7 Å². The van der Waals surface area contributed by atoms with Crippen molar-refractivity contribution in [1.82, 2.24) is 20.9 Å². The summed E-state index contributed by atoms with van der Waals surface area (Å²) in [6.45, 7) is 3.82. The Kier molecular flexibility index (Phi) is 8.40. The van der Waals surface area contributed by atoms with Crippen LogP contribution in [0, 0.1) is 17.0 Å². The summed E-state index contributed by atoms with van der Waals surface area (Å²) in [7, 11) is 3.33. The van der Waals surface area contributed by atoms with Crippen molar-refractivity contribution in [2.75, 3.05) is 45.7 Å². The maximum absolute atomic E-state index is 15.4. The van der Waals surface area contributed by atoms with Crippen LogP contribution in [0.5, 0.6) is 0 Å². The van der Waals surface area contributed by atoms with Crippen LogP contribution in [-0.4, -0.2) is 69.6 Å². The molecule has 2 aliphatic heterocycles. The van der Waals surface area contributed by atoms with Gasteiger partial charge in [-0.2, -0.15) is 0 Å². The first-order valence-corrected chi connectivity index (χ1v) is 11.0. The summed E-state index contributed by atoms with van der Waals surface area (Å²) in [6, 6.07) is 2.70. The minimum atomic E-state index is -0.793. The number of carbonyl (C=O) groups excluding carboxylic acids is 1. The summed E-state index contributed by atoms with van der Waals surface area (Å²) < 4.78 is 35.3. The first kappa shape index (κ1) is 24.7. The Bertz CT molecular complexity index is 943. The molecular weight excluding hydrogens is 430 g/mol. The number of nitrogens with zero attached hydrogens (tertiary/aromatic N) is 1. The van der Waals surface area contributed by atoms with Crippen molar-refractivity contribution < 1.29 is 18.3 Å². The minimum Gasteiger partial charge on any atom is -0.393 e. The van der Waals surface area contributed by atoms with Crippen LogP contribution in [0.2, 0.25) is 0 Å². The van der Waals surface area contributed by atoms with Crippen LogP contribution in [-0.2, 0) is 9.53 Å². The summed E-state index contributed by atoms with van der Waals surface area (Å²) in [5.41, 5.74) is 1.76. The highest BCUT2D eigenvalue weighted by atomic mass is 19.1. The van der Waals surface area contributed by atoms with Crippen LogP contribution < -0.4 is 21.3 Å². The highest BCUT2D eigenvalue weighted by molar-refractivity contribution is 6.08. The molecule has 0 bridgehead atoms. The Balaban J connectivity index is 1.95. The molecular formula is C23H32F2N6O2. The highest BCUT2D eigenvalue weighted by Gasteiger charge is 2.29. The van der Waals surface area contributed by atoms with E-state index >= 15 is 4.39 Å². The fraction of sp³-hybridized carbons (Fsp3) is 0.478. The smallest absolute Gasteiger partial charge is 0.219 e. The highest BCUT2D eigenvalue weighted by Crippen LogP contribution is 2.28. The molecule has 1 aromatic carbocycles. The van der Waals surface area contributed by atoms with E-state index in [0.717, 1.165) is 23.9 Å². The van der Waals surface area contributed by atoms with Crippen molar-refractivity contribution >= 4 is 23.4 Å². The van der Waals surface area contributed by atoms with Gasteiger partial charge in [0.1, 0.15) is 12.0 Å². The van der Waals surface area contributed by atoms with Crippen molar-refractivity contribution in [1.29, 1.82) is 5.41 Å². The van der Waals surface area contributed by atoms with E-state index in [1.54, 1.807) is 19.0 Å². The normalized spacial score (nSPS) is 20.0. The summed E-state index contributed by atoms with van der Waals surface area (Å²) >= 11 is 0. The van der Waals surface area contributed by atoms with Crippen molar-refractivity contribution in [3.8, 4) is 0 Å². The van der Waals surface area contributed by atoms with Crippen molar-refractivity contribution in [3.05, 3.63) is 46.8 Å². The van der Waals surface area contributed by atoms with E-state index in [9.17, 15) is 9.18 Å². The molecule has 33 heavy (non-hydrogen) atoms. The van der Waals surface area contributed by atoms with Gasteiger partial charge in [-0.15, -0.1) is 0 Å². The number of carbonyl (C=O) groups is 1. The first-order valence-electron chi connectivity index (χ1n) is 11.0. The molecule has 0 radical (unpaired) electrons. The number of anilines is 1. The summed E-state index contributed by atoms with van der Waals surface area (Å²) in [5, 5.41) is 20.1. The van der Waals surface area contributed by atoms with Crippen molar-refractivity contribution in [3.63, 3.8) is 0 Å². The van der Waals surface area contributed by atoms with Gasteiger partial charge in [-0.1, -0.05) is 0 Å². The van der Waals surface area contributed by atoms with Gasteiger partial charge in [-0.3, -0.25) is 10.1 Å². The molecule has 180 valence electrons. The molecule has 2 atom stereocenters. The SMILES string of the molecule is CN/C=C(\C=N)c1c(F)ccc(NC(NC)C2=C(NC3CCOC3)CCN(C(C)=O)C2)c1F. The first-order chi connectivity index (χ1) is 15.9. The van der Waals surface area contributed by atoms with Gasteiger partial charge in [0.25, 0.3) is 0 Å². The van der Waals surface area contributed by atoms with Gasteiger partial charge in [-0.05, 0) is 25.6 Å². The second kappa shape index (κ2) is 11.2. The molecule has 2 unspecified atom stereocenters. The van der Waals surface area contributed by atoms with Gasteiger partial charge < -0.3 is 31.0 Å². The number of allylic oxidation sites excluding steroid dienone is 1. The van der Waals surface area contributed by atoms with E-state index in [1.165, 1.54) is 25.3 Å². The van der Waals surface area contributed by atoms with E-state index in [2.05, 4.69) is 21.3 Å². The quantitative estimate of drug-likeness (QED) is 0.284. The van der Waals surface area contributed by atoms with Crippen LogP contribution in [0.25, 0.3) is 5.57 Å². The Morgan fingerprint density at radius 1 is 1.33 bits per heavy atom. The number of ether oxygens (including phenoxy) is 1. The third-order valence-corrected chi connectivity index (χ3v) is 5.91. The molecule has 0 aromatic heterocycles. The molecule has 1 aromatic rings. The molecule has 10 heteroatoms. The zero-order valence-corrected chi connectivity index (χ0v) is 19.2. The summed E-state index contributed by atoms with van der Waals surface area (Å²) in [4.78, 5) is 13.8. The molecule has 0 spiro atoms. The number of hydrogen-bond donors (Lipinski definition) is 5. The fourth-order valence-corrected chi connectivity index (χ4v) is 4.14. The Morgan fingerprint density at radius 3 is 2.73 bits per heavy atom. The molecule has 8 nitrogen and oxygen atoms in total. The van der Waals surface area contributed by atoms with Crippen LogP contribution >= 0.6 is 0 Å². The third-order valence-electron chi connectivity index (χ3n) is 5.91. The maximum atomic E-state index is 15.4. The molecule has 2 heterocycles. The molecule has 0 aliphatic carbocycles. The molecule has 2 aliphatic rings. The second-order valence-corrected chi connectivity index (χ2v) is 8.08.